The van der Waals surface area contributed by atoms with Crippen molar-refractivity contribution in [3.8, 4) is 12.3 Å². The number of rotatable bonds is 7. The molecule has 0 saturated carbocycles. The van der Waals surface area contributed by atoms with Crippen molar-refractivity contribution in [2.45, 2.75) is 31.7 Å². The first-order valence-corrected chi connectivity index (χ1v) is 6.82. The van der Waals surface area contributed by atoms with Crippen molar-refractivity contribution in [2.24, 2.45) is 5.73 Å². The molecule has 5 heteroatoms. The number of carbonyl (C=O) groups excluding carboxylic acids is 1. The monoisotopic (exact) mass is 231 g/mol. The molecule has 0 aliphatic carbocycles. The smallest absolute Gasteiger partial charge is 0.149 e. The summed E-state index contributed by atoms with van der Waals surface area (Å²) in [5, 5.41) is 0. The standard InChI is InChI=1S/C10H17NO3S/c1-3-4-5-6-10(12)9(11)7-8-15(2,13)14/h1,9H,4-8,11H2,2H3. The summed E-state index contributed by atoms with van der Waals surface area (Å²) < 4.78 is 21.7. The Bertz CT molecular complexity index is 340. The number of hydrogen-bond donors (Lipinski definition) is 1. The molecule has 0 fully saturated rings. The second kappa shape index (κ2) is 6.59. The van der Waals surface area contributed by atoms with E-state index in [0.717, 1.165) is 6.26 Å². The zero-order valence-electron chi connectivity index (χ0n) is 8.90. The van der Waals surface area contributed by atoms with E-state index in [0.29, 0.717) is 19.3 Å². The number of unbranched alkanes of at least 4 members (excludes halogenated alkanes) is 1. The van der Waals surface area contributed by atoms with Gasteiger partial charge in [0.05, 0.1) is 11.8 Å². The Morgan fingerprint density at radius 3 is 2.60 bits per heavy atom. The van der Waals surface area contributed by atoms with Crippen LogP contribution in [0.4, 0.5) is 0 Å². The summed E-state index contributed by atoms with van der Waals surface area (Å²) in [4.78, 5) is 11.3. The zero-order chi connectivity index (χ0) is 11.9. The Kier molecular flexibility index (Phi) is 6.21. The lowest BCUT2D eigenvalue weighted by atomic mass is 10.1. The van der Waals surface area contributed by atoms with Gasteiger partial charge >= 0.3 is 0 Å². The van der Waals surface area contributed by atoms with Gasteiger partial charge in [0, 0.05) is 19.1 Å². The molecule has 0 rings (SSSR count). The van der Waals surface area contributed by atoms with Crippen LogP contribution in [-0.4, -0.2) is 32.3 Å². The Morgan fingerprint density at radius 1 is 1.53 bits per heavy atom. The van der Waals surface area contributed by atoms with Gasteiger partial charge in [-0.2, -0.15) is 0 Å². The lowest BCUT2D eigenvalue weighted by molar-refractivity contribution is -0.120. The van der Waals surface area contributed by atoms with Crippen LogP contribution in [0, 0.1) is 12.3 Å². The van der Waals surface area contributed by atoms with E-state index in [1.54, 1.807) is 0 Å². The van der Waals surface area contributed by atoms with Crippen molar-refractivity contribution in [2.75, 3.05) is 12.0 Å². The van der Waals surface area contributed by atoms with Gasteiger partial charge in [-0.1, -0.05) is 0 Å². The fourth-order valence-corrected chi connectivity index (χ4v) is 1.73. The largest absolute Gasteiger partial charge is 0.321 e. The van der Waals surface area contributed by atoms with E-state index in [-0.39, 0.29) is 18.0 Å². The number of nitrogens with two attached hydrogens (primary N) is 1. The Hall–Kier alpha value is -0.860. The van der Waals surface area contributed by atoms with Crippen molar-refractivity contribution in [1.82, 2.24) is 0 Å². The average molecular weight is 231 g/mol. The molecule has 1 atom stereocenters. The van der Waals surface area contributed by atoms with Crippen LogP contribution in [0.1, 0.15) is 25.7 Å². The molecule has 0 aromatic rings. The third kappa shape index (κ3) is 8.16. The van der Waals surface area contributed by atoms with Crippen molar-refractivity contribution >= 4 is 15.6 Å². The SMILES string of the molecule is C#CCCCC(=O)C(N)CCS(C)(=O)=O. The summed E-state index contributed by atoms with van der Waals surface area (Å²) in [6.45, 7) is 0. The Balaban J connectivity index is 3.85. The predicted molar refractivity (Wildman–Crippen MR) is 60.0 cm³/mol. The van der Waals surface area contributed by atoms with Gasteiger partial charge in [-0.25, -0.2) is 8.42 Å². The van der Waals surface area contributed by atoms with Crippen molar-refractivity contribution in [1.29, 1.82) is 0 Å². The van der Waals surface area contributed by atoms with Crippen LogP contribution < -0.4 is 5.73 Å². The topological polar surface area (TPSA) is 77.2 Å². The second-order valence-corrected chi connectivity index (χ2v) is 5.81. The van der Waals surface area contributed by atoms with E-state index in [9.17, 15) is 13.2 Å². The van der Waals surface area contributed by atoms with E-state index in [2.05, 4.69) is 5.92 Å². The van der Waals surface area contributed by atoms with E-state index < -0.39 is 15.9 Å². The van der Waals surface area contributed by atoms with E-state index in [1.165, 1.54) is 0 Å². The molecule has 1 unspecified atom stereocenters. The molecule has 2 N–H and O–H groups in total. The maximum atomic E-state index is 11.3. The maximum Gasteiger partial charge on any atom is 0.149 e. The molecule has 0 aliphatic heterocycles. The fraction of sp³-hybridized carbons (Fsp3) is 0.700. The summed E-state index contributed by atoms with van der Waals surface area (Å²) in [5.41, 5.74) is 5.54. The normalized spacial score (nSPS) is 13.1. The molecule has 0 spiro atoms. The van der Waals surface area contributed by atoms with Crippen molar-refractivity contribution in [3.05, 3.63) is 0 Å². The van der Waals surface area contributed by atoms with Gasteiger partial charge in [0.2, 0.25) is 0 Å². The minimum absolute atomic E-state index is 0.0466. The minimum atomic E-state index is -3.04. The minimum Gasteiger partial charge on any atom is -0.321 e. The van der Waals surface area contributed by atoms with Gasteiger partial charge in [-0.05, 0) is 12.8 Å². The molecular weight excluding hydrogens is 214 g/mol. The summed E-state index contributed by atoms with van der Waals surface area (Å²) >= 11 is 0. The van der Waals surface area contributed by atoms with Crippen LogP contribution in [0.15, 0.2) is 0 Å². The van der Waals surface area contributed by atoms with Gasteiger partial charge in [0.1, 0.15) is 15.6 Å². The van der Waals surface area contributed by atoms with Crippen LogP contribution in [0.5, 0.6) is 0 Å². The number of sulfone groups is 1. The quantitative estimate of drug-likeness (QED) is 0.499. The van der Waals surface area contributed by atoms with Crippen LogP contribution in [-0.2, 0) is 14.6 Å². The first-order chi connectivity index (χ1) is 6.87. The van der Waals surface area contributed by atoms with Gasteiger partial charge in [-0.15, -0.1) is 12.3 Å². The summed E-state index contributed by atoms with van der Waals surface area (Å²) in [5.74, 6) is 2.27. The molecule has 0 aromatic heterocycles. The van der Waals surface area contributed by atoms with Crippen LogP contribution in [0.25, 0.3) is 0 Å². The van der Waals surface area contributed by atoms with E-state index >= 15 is 0 Å². The highest BCUT2D eigenvalue weighted by Gasteiger charge is 2.15. The van der Waals surface area contributed by atoms with E-state index in [4.69, 9.17) is 12.2 Å². The summed E-state index contributed by atoms with van der Waals surface area (Å²) in [7, 11) is -3.04. The number of terminal acetylenes is 1. The van der Waals surface area contributed by atoms with Gasteiger partial charge < -0.3 is 5.73 Å². The third-order valence-electron chi connectivity index (χ3n) is 1.96. The molecule has 0 heterocycles. The maximum absolute atomic E-state index is 11.3. The van der Waals surface area contributed by atoms with Crippen LogP contribution >= 0.6 is 0 Å². The Morgan fingerprint density at radius 2 is 2.13 bits per heavy atom. The highest BCUT2D eigenvalue weighted by molar-refractivity contribution is 7.90. The van der Waals surface area contributed by atoms with E-state index in [1.807, 2.05) is 0 Å². The number of hydrogen-bond acceptors (Lipinski definition) is 4. The summed E-state index contributed by atoms with van der Waals surface area (Å²) in [6.07, 6.45) is 7.84. The molecular formula is C10H17NO3S. The average Bonchev–Trinajstić information content (AvgIpc) is 2.13. The van der Waals surface area contributed by atoms with Gasteiger partial charge in [-0.3, -0.25) is 4.79 Å². The first-order valence-electron chi connectivity index (χ1n) is 4.76. The molecule has 0 amide bonds. The molecule has 0 aromatic carbocycles. The molecule has 86 valence electrons. The molecule has 0 aliphatic rings. The number of ketones is 1. The molecule has 4 nitrogen and oxygen atoms in total. The lowest BCUT2D eigenvalue weighted by Gasteiger charge is -2.08. The highest BCUT2D eigenvalue weighted by atomic mass is 32.2. The highest BCUT2D eigenvalue weighted by Crippen LogP contribution is 2.02. The van der Waals surface area contributed by atoms with Crippen LogP contribution in [0.2, 0.25) is 0 Å². The summed E-state index contributed by atoms with van der Waals surface area (Å²) in [6, 6.07) is -0.683. The number of Topliss-reactive ketones (excluding diaryl/α,β-unsaturated/α-hetero) is 1. The Labute approximate surface area is 91.1 Å². The van der Waals surface area contributed by atoms with Crippen LogP contribution in [0.3, 0.4) is 0 Å². The number of carbonyl (C=O) groups is 1. The molecule has 0 saturated heterocycles. The van der Waals surface area contributed by atoms with Gasteiger partial charge in [0.15, 0.2) is 0 Å². The molecule has 0 bridgehead atoms. The van der Waals surface area contributed by atoms with Crippen molar-refractivity contribution < 1.29 is 13.2 Å². The third-order valence-corrected chi connectivity index (χ3v) is 2.93. The zero-order valence-corrected chi connectivity index (χ0v) is 9.72. The second-order valence-electron chi connectivity index (χ2n) is 3.55. The first kappa shape index (κ1) is 14.1. The predicted octanol–water partition coefficient (Wildman–Crippen LogP) is 0.121. The lowest BCUT2D eigenvalue weighted by Crippen LogP contribution is -2.32. The van der Waals surface area contributed by atoms with Gasteiger partial charge in [0.25, 0.3) is 0 Å². The van der Waals surface area contributed by atoms with Crippen molar-refractivity contribution in [3.63, 3.8) is 0 Å². The fourth-order valence-electron chi connectivity index (χ4n) is 1.05. The molecule has 15 heavy (non-hydrogen) atoms. The molecule has 0 radical (unpaired) electrons.